The number of aromatic nitrogens is 3. The molecule has 3 aromatic heterocycles. The molecule has 1 aliphatic rings. The maximum atomic E-state index is 6.99. The SMILES string of the molecule is CC(C)(C)c1cc(N2[CH-]N(c3[c-]c(Oc4[c-]c5c(cc4)c4cc([Si](c6ccccc6)(c6ccccc6)c6ccccc6)ccc4n5-c4cc(C(C)(C)C)ccn4)ccc3)c3cccc(-n4c5ccccc5c5ccccc54)c32)cc(C(C)(C)C)c1.[Pt]. The molecule has 10 aromatic carbocycles. The predicted octanol–water partition coefficient (Wildman–Crippen LogP) is 17.3. The number of nitrogens with zero attached hydrogens (tertiary/aromatic N) is 5. The molecule has 0 atom stereocenters. The van der Waals surface area contributed by atoms with Gasteiger partial charge in [-0.1, -0.05) is 219 Å². The Bertz CT molecular complexity index is 4500. The maximum Gasteiger partial charge on any atom is 0.179 e. The number of ether oxygens (including phenoxy) is 1. The number of hydrogen-bond donors (Lipinski definition) is 0. The molecular formula is C78H68N5OPtSi-3. The van der Waals surface area contributed by atoms with E-state index in [1.54, 1.807) is 0 Å². The average Bonchev–Trinajstić information content (AvgIpc) is 1.56. The molecule has 13 aromatic rings. The second-order valence-electron chi connectivity index (χ2n) is 25.8. The van der Waals surface area contributed by atoms with Gasteiger partial charge in [-0.2, -0.15) is 12.1 Å². The van der Waals surface area contributed by atoms with Gasteiger partial charge in [0, 0.05) is 66.4 Å². The van der Waals surface area contributed by atoms with Gasteiger partial charge in [0.25, 0.3) is 0 Å². The third-order valence-corrected chi connectivity index (χ3v) is 22.0. The summed E-state index contributed by atoms with van der Waals surface area (Å²) in [6.45, 7) is 22.8. The first-order valence-electron chi connectivity index (χ1n) is 29.6. The first-order valence-corrected chi connectivity index (χ1v) is 31.6. The third-order valence-electron chi connectivity index (χ3n) is 17.2. The van der Waals surface area contributed by atoms with Crippen LogP contribution in [0.3, 0.4) is 0 Å². The summed E-state index contributed by atoms with van der Waals surface area (Å²) in [4.78, 5) is 9.75. The van der Waals surface area contributed by atoms with Gasteiger partial charge in [0.15, 0.2) is 8.07 Å². The second-order valence-corrected chi connectivity index (χ2v) is 29.6. The largest absolute Gasteiger partial charge is 0.509 e. The van der Waals surface area contributed by atoms with E-state index in [9.17, 15) is 0 Å². The molecule has 1 aliphatic heterocycles. The normalized spacial score (nSPS) is 13.0. The molecule has 14 rings (SSSR count). The Morgan fingerprint density at radius 3 is 1.53 bits per heavy atom. The Balaban J connectivity index is 0.00000686. The smallest absolute Gasteiger partial charge is 0.179 e. The molecule has 0 fully saturated rings. The molecule has 0 spiro atoms. The van der Waals surface area contributed by atoms with Crippen LogP contribution >= 0.6 is 0 Å². The number of pyridine rings is 1. The van der Waals surface area contributed by atoms with E-state index in [4.69, 9.17) is 9.72 Å². The van der Waals surface area contributed by atoms with Crippen molar-refractivity contribution in [2.75, 3.05) is 9.80 Å². The maximum absolute atomic E-state index is 6.99. The third kappa shape index (κ3) is 9.66. The fraction of sp³-hybridized carbons (Fsp3) is 0.154. The number of fused-ring (bicyclic) bond motifs is 7. The molecule has 0 aliphatic carbocycles. The molecule has 428 valence electrons. The van der Waals surface area contributed by atoms with Gasteiger partial charge in [-0.25, -0.2) is 4.98 Å². The molecule has 4 heterocycles. The molecule has 86 heavy (non-hydrogen) atoms. The van der Waals surface area contributed by atoms with Crippen LogP contribution in [-0.2, 0) is 37.3 Å². The van der Waals surface area contributed by atoms with Gasteiger partial charge in [-0.05, 0) is 114 Å². The van der Waals surface area contributed by atoms with Gasteiger partial charge < -0.3 is 23.7 Å². The van der Waals surface area contributed by atoms with Crippen molar-refractivity contribution >= 4 is 95.2 Å². The first kappa shape index (κ1) is 56.4. The summed E-state index contributed by atoms with van der Waals surface area (Å²) in [6, 6.07) is 94.2. The Morgan fingerprint density at radius 2 is 0.942 bits per heavy atom. The minimum absolute atomic E-state index is 0. The van der Waals surface area contributed by atoms with Gasteiger partial charge in [0.1, 0.15) is 5.82 Å². The van der Waals surface area contributed by atoms with Crippen LogP contribution in [-0.4, -0.2) is 22.2 Å². The average molecular weight is 1310 g/mol. The summed E-state index contributed by atoms with van der Waals surface area (Å²) in [6.07, 6.45) is 1.94. The standard InChI is InChI=1S/C78H68N5OSi.Pt/c1-76(2,3)53-43-44-79-74(48-53)83-70-42-40-63(85(60-27-13-10-14-28-60,61-29-15-11-16-30-61)62-31-17-12-18-32-62)51-67(70)66-41-39-59(50-73(66)83)84-58-26-23-25-56(49-58)80-52-81(57-46-54(77(4,5)6)45-55(47-57)78(7,8)9)75-71(80)37-24-38-72(75)82-68-35-21-19-33-64(68)65-34-20-22-36-69(65)82;/h10-48,51-52H,1-9H3;/q-3;. The van der Waals surface area contributed by atoms with Gasteiger partial charge in [0.05, 0.1) is 22.4 Å². The number of para-hydroxylation sites is 3. The first-order chi connectivity index (χ1) is 41.0. The van der Waals surface area contributed by atoms with E-state index < -0.39 is 8.07 Å². The summed E-state index contributed by atoms with van der Waals surface area (Å²) in [5, 5.41) is 9.90. The predicted molar refractivity (Wildman–Crippen MR) is 358 cm³/mol. The number of rotatable bonds is 10. The van der Waals surface area contributed by atoms with Crippen LogP contribution < -0.4 is 35.3 Å². The molecule has 6 nitrogen and oxygen atoms in total. The van der Waals surface area contributed by atoms with Crippen molar-refractivity contribution in [1.29, 1.82) is 0 Å². The van der Waals surface area contributed by atoms with Gasteiger partial charge in [0.2, 0.25) is 0 Å². The molecular weight excluding hydrogens is 1250 g/mol. The van der Waals surface area contributed by atoms with Gasteiger partial charge in [-0.15, -0.1) is 48.1 Å². The zero-order chi connectivity index (χ0) is 58.4. The molecule has 0 N–H and O–H groups in total. The Morgan fingerprint density at radius 1 is 0.407 bits per heavy atom. The van der Waals surface area contributed by atoms with Crippen LogP contribution in [0, 0.1) is 18.8 Å². The van der Waals surface area contributed by atoms with Crippen molar-refractivity contribution in [1.82, 2.24) is 14.1 Å². The van der Waals surface area contributed by atoms with E-state index >= 15 is 0 Å². The summed E-state index contributed by atoms with van der Waals surface area (Å²) >= 11 is 0. The summed E-state index contributed by atoms with van der Waals surface area (Å²) in [5.41, 5.74) is 12.9. The zero-order valence-electron chi connectivity index (χ0n) is 50.1. The minimum Gasteiger partial charge on any atom is -0.509 e. The number of benzene rings is 10. The van der Waals surface area contributed by atoms with E-state index in [-0.39, 0.29) is 37.3 Å². The zero-order valence-corrected chi connectivity index (χ0v) is 53.4. The van der Waals surface area contributed by atoms with Crippen molar-refractivity contribution in [3.63, 3.8) is 0 Å². The van der Waals surface area contributed by atoms with Crippen molar-refractivity contribution in [2.24, 2.45) is 0 Å². The molecule has 0 saturated carbocycles. The van der Waals surface area contributed by atoms with E-state index in [0.717, 1.165) is 67.1 Å². The fourth-order valence-electron chi connectivity index (χ4n) is 12.8. The van der Waals surface area contributed by atoms with Crippen molar-refractivity contribution in [3.05, 3.63) is 278 Å². The summed E-state index contributed by atoms with van der Waals surface area (Å²) in [5.74, 6) is 1.98. The van der Waals surface area contributed by atoms with Crippen LogP contribution in [0.15, 0.2) is 243 Å². The van der Waals surface area contributed by atoms with Crippen molar-refractivity contribution in [3.8, 4) is 23.0 Å². The van der Waals surface area contributed by atoms with Crippen LogP contribution in [0.2, 0.25) is 0 Å². The van der Waals surface area contributed by atoms with E-state index in [2.05, 4.69) is 331 Å². The van der Waals surface area contributed by atoms with E-state index in [0.29, 0.717) is 11.5 Å². The van der Waals surface area contributed by atoms with E-state index in [1.807, 2.05) is 12.3 Å². The van der Waals surface area contributed by atoms with Gasteiger partial charge >= 0.3 is 0 Å². The van der Waals surface area contributed by atoms with Crippen LogP contribution in [0.25, 0.3) is 55.1 Å². The Kier molecular flexibility index (Phi) is 14.2. The molecule has 0 radical (unpaired) electrons. The molecule has 8 heteroatoms. The molecule has 0 amide bonds. The summed E-state index contributed by atoms with van der Waals surface area (Å²) in [7, 11) is -2.87. The number of hydrogen-bond acceptors (Lipinski definition) is 4. The fourth-order valence-corrected chi connectivity index (χ4v) is 17.6. The van der Waals surface area contributed by atoms with Crippen molar-refractivity contribution in [2.45, 2.75) is 78.6 Å². The van der Waals surface area contributed by atoms with Crippen LogP contribution in [0.5, 0.6) is 11.5 Å². The molecule has 0 unspecified atom stereocenters. The number of anilines is 4. The Labute approximate surface area is 521 Å². The van der Waals surface area contributed by atoms with Crippen molar-refractivity contribution < 1.29 is 25.8 Å². The monoisotopic (exact) mass is 1310 g/mol. The quantitative estimate of drug-likeness (QED) is 0.0777. The van der Waals surface area contributed by atoms with E-state index in [1.165, 1.54) is 48.2 Å². The topological polar surface area (TPSA) is 38.5 Å². The van der Waals surface area contributed by atoms with Crippen LogP contribution in [0.4, 0.5) is 22.7 Å². The van der Waals surface area contributed by atoms with Gasteiger partial charge in [-0.3, -0.25) is 0 Å². The second kappa shape index (κ2) is 21.6. The minimum atomic E-state index is -2.87. The van der Waals surface area contributed by atoms with Crippen LogP contribution in [0.1, 0.15) is 79.0 Å². The Hall–Kier alpha value is -8.74. The molecule has 0 saturated heterocycles. The summed E-state index contributed by atoms with van der Waals surface area (Å²) < 4.78 is 11.7. The molecule has 0 bridgehead atoms.